The van der Waals surface area contributed by atoms with Crippen molar-refractivity contribution in [1.82, 2.24) is 5.32 Å². The van der Waals surface area contributed by atoms with Gasteiger partial charge in [-0.2, -0.15) is 0 Å². The molecule has 1 rings (SSSR count). The number of carbonyl (C=O) groups excluding carboxylic acids is 1. The van der Waals surface area contributed by atoms with Gasteiger partial charge >= 0.3 is 0 Å². The normalized spacial score (nSPS) is 20.7. The summed E-state index contributed by atoms with van der Waals surface area (Å²) in [6.45, 7) is 2.68. The predicted octanol–water partition coefficient (Wildman–Crippen LogP) is 1.95. The first kappa shape index (κ1) is 12.5. The fraction of sp³-hybridized carbons (Fsp3) is 0.917. The summed E-state index contributed by atoms with van der Waals surface area (Å²) in [4.78, 5) is 11.3. The van der Waals surface area contributed by atoms with Crippen LogP contribution in [-0.4, -0.2) is 18.0 Å². The third-order valence-corrected chi connectivity index (χ3v) is 3.21. The third-order valence-electron chi connectivity index (χ3n) is 3.21. The maximum atomic E-state index is 11.3. The van der Waals surface area contributed by atoms with Gasteiger partial charge in [-0.05, 0) is 19.3 Å². The van der Waals surface area contributed by atoms with Gasteiger partial charge < -0.3 is 11.1 Å². The van der Waals surface area contributed by atoms with E-state index in [1.54, 1.807) is 0 Å². The summed E-state index contributed by atoms with van der Waals surface area (Å²) in [5.41, 5.74) is 6.15. The van der Waals surface area contributed by atoms with E-state index in [2.05, 4.69) is 5.32 Å². The summed E-state index contributed by atoms with van der Waals surface area (Å²) >= 11 is 0. The molecule has 1 saturated carbocycles. The van der Waals surface area contributed by atoms with Gasteiger partial charge in [0, 0.05) is 18.5 Å². The minimum atomic E-state index is -0.139. The van der Waals surface area contributed by atoms with Crippen LogP contribution in [0.15, 0.2) is 0 Å². The molecule has 0 saturated heterocycles. The Morgan fingerprint density at radius 1 is 1.27 bits per heavy atom. The van der Waals surface area contributed by atoms with Gasteiger partial charge in [-0.1, -0.05) is 32.6 Å². The first-order valence-corrected chi connectivity index (χ1v) is 6.22. The number of nitrogens with two attached hydrogens (primary N) is 1. The smallest absolute Gasteiger partial charge is 0.220 e. The second-order valence-electron chi connectivity index (χ2n) is 4.80. The van der Waals surface area contributed by atoms with Crippen LogP contribution in [-0.2, 0) is 4.79 Å². The Bertz CT molecular complexity index is 196. The van der Waals surface area contributed by atoms with Gasteiger partial charge in [0.2, 0.25) is 5.91 Å². The SMILES string of the molecule is CCCC(=O)NCC1(N)CCCCCC1. The average molecular weight is 212 g/mol. The lowest BCUT2D eigenvalue weighted by atomic mass is 9.91. The molecule has 0 aromatic rings. The van der Waals surface area contributed by atoms with Gasteiger partial charge in [0.25, 0.3) is 0 Å². The van der Waals surface area contributed by atoms with Crippen molar-refractivity contribution in [2.45, 2.75) is 63.8 Å². The van der Waals surface area contributed by atoms with Crippen molar-refractivity contribution in [2.75, 3.05) is 6.54 Å². The molecule has 0 atom stereocenters. The van der Waals surface area contributed by atoms with Crippen LogP contribution < -0.4 is 11.1 Å². The molecule has 1 aliphatic rings. The summed E-state index contributed by atoms with van der Waals surface area (Å²) in [5.74, 6) is 0.145. The molecule has 3 heteroatoms. The van der Waals surface area contributed by atoms with Crippen molar-refractivity contribution in [3.05, 3.63) is 0 Å². The summed E-state index contributed by atoms with van der Waals surface area (Å²) < 4.78 is 0. The van der Waals surface area contributed by atoms with Crippen LogP contribution in [0.4, 0.5) is 0 Å². The number of nitrogens with one attached hydrogen (secondary N) is 1. The molecular weight excluding hydrogens is 188 g/mol. The quantitative estimate of drug-likeness (QED) is 0.700. The molecule has 0 unspecified atom stereocenters. The summed E-state index contributed by atoms with van der Waals surface area (Å²) in [6.07, 6.45) is 8.64. The Balaban J connectivity index is 2.30. The highest BCUT2D eigenvalue weighted by molar-refractivity contribution is 5.75. The minimum absolute atomic E-state index is 0.139. The van der Waals surface area contributed by atoms with Gasteiger partial charge in [-0.3, -0.25) is 4.79 Å². The molecular formula is C12H24N2O. The van der Waals surface area contributed by atoms with Crippen LogP contribution in [0.2, 0.25) is 0 Å². The second-order valence-corrected chi connectivity index (χ2v) is 4.80. The number of hydrogen-bond donors (Lipinski definition) is 2. The zero-order valence-corrected chi connectivity index (χ0v) is 9.85. The van der Waals surface area contributed by atoms with Crippen LogP contribution in [0.3, 0.4) is 0 Å². The van der Waals surface area contributed by atoms with E-state index in [1.807, 2.05) is 6.92 Å². The molecule has 0 bridgehead atoms. The highest BCUT2D eigenvalue weighted by atomic mass is 16.1. The molecule has 0 radical (unpaired) electrons. The van der Waals surface area contributed by atoms with Crippen molar-refractivity contribution in [2.24, 2.45) is 5.73 Å². The van der Waals surface area contributed by atoms with Crippen LogP contribution in [0.5, 0.6) is 0 Å². The zero-order chi connectivity index (χ0) is 11.1. The highest BCUT2D eigenvalue weighted by Crippen LogP contribution is 2.24. The third kappa shape index (κ3) is 4.65. The van der Waals surface area contributed by atoms with Gasteiger partial charge in [0.15, 0.2) is 0 Å². The topological polar surface area (TPSA) is 55.1 Å². The standard InChI is InChI=1S/C12H24N2O/c1-2-7-11(15)14-10-12(13)8-5-3-4-6-9-12/h2-10,13H2,1H3,(H,14,15). The fourth-order valence-corrected chi connectivity index (χ4v) is 2.20. The van der Waals surface area contributed by atoms with E-state index in [-0.39, 0.29) is 11.4 Å². The number of carbonyl (C=O) groups is 1. The molecule has 0 aromatic carbocycles. The lowest BCUT2D eigenvalue weighted by molar-refractivity contribution is -0.121. The molecule has 1 fully saturated rings. The average Bonchev–Trinajstić information content (AvgIpc) is 2.42. The number of rotatable bonds is 4. The van der Waals surface area contributed by atoms with Crippen LogP contribution >= 0.6 is 0 Å². The first-order chi connectivity index (χ1) is 7.16. The summed E-state index contributed by atoms with van der Waals surface area (Å²) in [6, 6.07) is 0. The van der Waals surface area contributed by atoms with E-state index in [0.717, 1.165) is 19.3 Å². The first-order valence-electron chi connectivity index (χ1n) is 6.22. The molecule has 0 spiro atoms. The maximum Gasteiger partial charge on any atom is 0.220 e. The lowest BCUT2D eigenvalue weighted by Gasteiger charge is -2.28. The molecule has 0 aliphatic heterocycles. The van der Waals surface area contributed by atoms with Crippen LogP contribution in [0.1, 0.15) is 58.3 Å². The Labute approximate surface area is 92.8 Å². The highest BCUT2D eigenvalue weighted by Gasteiger charge is 2.26. The van der Waals surface area contributed by atoms with Gasteiger partial charge in [-0.25, -0.2) is 0 Å². The Hall–Kier alpha value is -0.570. The van der Waals surface area contributed by atoms with Gasteiger partial charge in [-0.15, -0.1) is 0 Å². The van der Waals surface area contributed by atoms with Crippen LogP contribution in [0, 0.1) is 0 Å². The summed E-state index contributed by atoms with van der Waals surface area (Å²) in [7, 11) is 0. The van der Waals surface area contributed by atoms with E-state index in [4.69, 9.17) is 5.73 Å². The van der Waals surface area contributed by atoms with Crippen molar-refractivity contribution in [3.63, 3.8) is 0 Å². The summed E-state index contributed by atoms with van der Waals surface area (Å²) in [5, 5.41) is 2.96. The van der Waals surface area contributed by atoms with E-state index >= 15 is 0 Å². The van der Waals surface area contributed by atoms with Crippen molar-refractivity contribution < 1.29 is 4.79 Å². The Morgan fingerprint density at radius 2 is 1.87 bits per heavy atom. The molecule has 3 N–H and O–H groups in total. The fourth-order valence-electron chi connectivity index (χ4n) is 2.20. The van der Waals surface area contributed by atoms with Gasteiger partial charge in [0.05, 0.1) is 0 Å². The van der Waals surface area contributed by atoms with Gasteiger partial charge in [0.1, 0.15) is 0 Å². The monoisotopic (exact) mass is 212 g/mol. The van der Waals surface area contributed by atoms with E-state index in [0.29, 0.717) is 13.0 Å². The van der Waals surface area contributed by atoms with Crippen LogP contribution in [0.25, 0.3) is 0 Å². The minimum Gasteiger partial charge on any atom is -0.354 e. The molecule has 15 heavy (non-hydrogen) atoms. The molecule has 0 aromatic heterocycles. The largest absolute Gasteiger partial charge is 0.354 e. The van der Waals surface area contributed by atoms with E-state index < -0.39 is 0 Å². The predicted molar refractivity (Wildman–Crippen MR) is 62.5 cm³/mol. The lowest BCUT2D eigenvalue weighted by Crippen LogP contribution is -2.49. The molecule has 0 heterocycles. The molecule has 1 amide bonds. The van der Waals surface area contributed by atoms with Crippen molar-refractivity contribution in [1.29, 1.82) is 0 Å². The molecule has 1 aliphatic carbocycles. The maximum absolute atomic E-state index is 11.3. The Kier molecular flexibility index (Phi) is 5.09. The zero-order valence-electron chi connectivity index (χ0n) is 9.85. The number of amides is 1. The Morgan fingerprint density at radius 3 is 2.40 bits per heavy atom. The molecule has 88 valence electrons. The van der Waals surface area contributed by atoms with E-state index in [9.17, 15) is 4.79 Å². The molecule has 3 nitrogen and oxygen atoms in total. The van der Waals surface area contributed by atoms with Crippen molar-refractivity contribution >= 4 is 5.91 Å². The number of hydrogen-bond acceptors (Lipinski definition) is 2. The second kappa shape index (κ2) is 6.11. The van der Waals surface area contributed by atoms with Crippen molar-refractivity contribution in [3.8, 4) is 0 Å². The van der Waals surface area contributed by atoms with E-state index in [1.165, 1.54) is 25.7 Å².